The van der Waals surface area contributed by atoms with Crippen molar-refractivity contribution in [2.24, 2.45) is 0 Å². The summed E-state index contributed by atoms with van der Waals surface area (Å²) in [5.41, 5.74) is -13.1. The highest BCUT2D eigenvalue weighted by Gasteiger charge is 2.42. The summed E-state index contributed by atoms with van der Waals surface area (Å²) in [6, 6.07) is -2.75. The number of hydrogen-bond acceptors (Lipinski definition) is 0. The SMILES string of the molecule is FC(F)(F)c1cc(P(c2cc(C(F)(F)F)cc(C(F)(F)F)c2)c2cc(C(F)(F)F)cc(C(F)(F)F)c2)cc(C(F)(F)F)c1. The molecule has 0 unspecified atom stereocenters. The predicted molar refractivity (Wildman–Crippen MR) is 115 cm³/mol. The summed E-state index contributed by atoms with van der Waals surface area (Å²) in [7, 11) is -3.83. The Kier molecular flexibility index (Phi) is 8.60. The minimum absolute atomic E-state index is 0.206. The number of hydrogen-bond donors (Lipinski definition) is 0. The lowest BCUT2D eigenvalue weighted by molar-refractivity contribution is -0.144. The summed E-state index contributed by atoms with van der Waals surface area (Å²) in [5, 5.41) is -4.34. The van der Waals surface area contributed by atoms with Crippen LogP contribution in [-0.2, 0) is 37.1 Å². The van der Waals surface area contributed by atoms with Crippen molar-refractivity contribution < 1.29 is 79.0 Å². The molecule has 0 amide bonds. The Balaban J connectivity index is 2.60. The summed E-state index contributed by atoms with van der Waals surface area (Å²) in [6.07, 6.45) is -34.0. The van der Waals surface area contributed by atoms with Gasteiger partial charge in [-0.1, -0.05) is 0 Å². The normalized spacial score (nSPS) is 14.0. The standard InChI is InChI=1S/C24H9F18P/c25-19(26,27)10-1-11(20(28,29)30)5-16(4-10)43(17-6-12(21(31,32)33)2-13(7-17)22(34,35)36)18-8-14(23(37,38)39)3-15(9-18)24(40,41)42/h1-9H. The monoisotopic (exact) mass is 670 g/mol. The van der Waals surface area contributed by atoms with Gasteiger partial charge < -0.3 is 0 Å². The van der Waals surface area contributed by atoms with Crippen molar-refractivity contribution in [2.75, 3.05) is 0 Å². The van der Waals surface area contributed by atoms with Crippen LogP contribution in [-0.4, -0.2) is 0 Å². The van der Waals surface area contributed by atoms with Gasteiger partial charge in [-0.05, 0) is 78.4 Å². The van der Waals surface area contributed by atoms with Crippen LogP contribution in [0, 0.1) is 0 Å². The summed E-state index contributed by atoms with van der Waals surface area (Å²) in [4.78, 5) is 0. The van der Waals surface area contributed by atoms with E-state index in [1.54, 1.807) is 0 Å². The highest BCUT2D eigenvalue weighted by Crippen LogP contribution is 2.45. The zero-order valence-corrected chi connectivity index (χ0v) is 20.8. The molecule has 0 aliphatic carbocycles. The molecule has 0 saturated heterocycles. The van der Waals surface area contributed by atoms with Gasteiger partial charge in [0.1, 0.15) is 0 Å². The first-order valence-electron chi connectivity index (χ1n) is 10.8. The lowest BCUT2D eigenvalue weighted by atomic mass is 10.1. The molecule has 0 N–H and O–H groups in total. The molecule has 0 aliphatic heterocycles. The van der Waals surface area contributed by atoms with Crippen molar-refractivity contribution in [2.45, 2.75) is 37.1 Å². The maximum absolute atomic E-state index is 13.5. The fourth-order valence-electron chi connectivity index (χ4n) is 3.65. The molecule has 0 atom stereocenters. The van der Waals surface area contributed by atoms with Crippen molar-refractivity contribution >= 4 is 23.8 Å². The minimum Gasteiger partial charge on any atom is -0.166 e. The zero-order chi connectivity index (χ0) is 33.1. The van der Waals surface area contributed by atoms with Crippen LogP contribution < -0.4 is 15.9 Å². The van der Waals surface area contributed by atoms with Gasteiger partial charge in [-0.3, -0.25) is 0 Å². The molecule has 0 aromatic heterocycles. The molecule has 0 nitrogen and oxygen atoms in total. The van der Waals surface area contributed by atoms with Crippen LogP contribution in [0.25, 0.3) is 0 Å². The van der Waals surface area contributed by atoms with E-state index < -0.39 is 112 Å². The number of alkyl halides is 18. The average molecular weight is 670 g/mol. The van der Waals surface area contributed by atoms with Crippen LogP contribution in [0.3, 0.4) is 0 Å². The van der Waals surface area contributed by atoms with Gasteiger partial charge in [0.25, 0.3) is 0 Å². The van der Waals surface area contributed by atoms with Gasteiger partial charge in [0.2, 0.25) is 0 Å². The minimum atomic E-state index is -5.66. The van der Waals surface area contributed by atoms with Gasteiger partial charge in [0.15, 0.2) is 0 Å². The van der Waals surface area contributed by atoms with Gasteiger partial charge in [0.05, 0.1) is 33.4 Å². The number of halogens is 18. The van der Waals surface area contributed by atoms with Crippen LogP contribution in [0.2, 0.25) is 0 Å². The molecule has 0 spiro atoms. The molecule has 0 saturated carbocycles. The second-order valence-corrected chi connectivity index (χ2v) is 10.8. The van der Waals surface area contributed by atoms with Gasteiger partial charge >= 0.3 is 37.1 Å². The largest absolute Gasteiger partial charge is 0.416 e. The Morgan fingerprint density at radius 2 is 0.395 bits per heavy atom. The van der Waals surface area contributed by atoms with Crippen LogP contribution in [0.4, 0.5) is 79.0 Å². The smallest absolute Gasteiger partial charge is 0.166 e. The van der Waals surface area contributed by atoms with Gasteiger partial charge in [-0.15, -0.1) is 0 Å². The second-order valence-electron chi connectivity index (χ2n) is 8.63. The van der Waals surface area contributed by atoms with E-state index in [2.05, 4.69) is 0 Å². The third kappa shape index (κ3) is 8.06. The molecule has 3 aromatic carbocycles. The van der Waals surface area contributed by atoms with E-state index >= 15 is 0 Å². The molecule has 0 bridgehead atoms. The molecule has 3 rings (SSSR count). The molecule has 43 heavy (non-hydrogen) atoms. The van der Waals surface area contributed by atoms with Crippen LogP contribution in [0.1, 0.15) is 33.4 Å². The molecule has 0 radical (unpaired) electrons. The number of rotatable bonds is 3. The maximum atomic E-state index is 13.5. The molecule has 3 aromatic rings. The van der Waals surface area contributed by atoms with E-state index in [1.165, 1.54) is 0 Å². The first-order valence-corrected chi connectivity index (χ1v) is 12.1. The van der Waals surface area contributed by atoms with E-state index in [0.29, 0.717) is 0 Å². The zero-order valence-electron chi connectivity index (χ0n) is 19.9. The summed E-state index contributed by atoms with van der Waals surface area (Å²) < 4.78 is 244. The van der Waals surface area contributed by atoms with E-state index in [4.69, 9.17) is 0 Å². The third-order valence-electron chi connectivity index (χ3n) is 5.49. The molecule has 0 aliphatic rings. The van der Waals surface area contributed by atoms with Crippen molar-refractivity contribution in [3.05, 3.63) is 88.0 Å². The van der Waals surface area contributed by atoms with Crippen molar-refractivity contribution in [1.29, 1.82) is 0 Å². The Labute approximate surface area is 228 Å². The molecule has 0 heterocycles. The lowest BCUT2D eigenvalue weighted by Crippen LogP contribution is -2.28. The first-order chi connectivity index (χ1) is 19.1. The van der Waals surface area contributed by atoms with E-state index in [0.717, 1.165) is 0 Å². The van der Waals surface area contributed by atoms with E-state index in [1.807, 2.05) is 0 Å². The van der Waals surface area contributed by atoms with Crippen molar-refractivity contribution in [1.82, 2.24) is 0 Å². The summed E-state index contributed by atoms with van der Waals surface area (Å²) >= 11 is 0. The Bertz CT molecular complexity index is 1210. The highest BCUT2D eigenvalue weighted by molar-refractivity contribution is 7.79. The Morgan fingerprint density at radius 1 is 0.256 bits per heavy atom. The summed E-state index contributed by atoms with van der Waals surface area (Å²) in [5.74, 6) is 0. The fraction of sp³-hybridized carbons (Fsp3) is 0.250. The van der Waals surface area contributed by atoms with E-state index in [9.17, 15) is 79.0 Å². The van der Waals surface area contributed by atoms with Crippen LogP contribution >= 0.6 is 7.92 Å². The quantitative estimate of drug-likeness (QED) is 0.193. The average Bonchev–Trinajstić information content (AvgIpc) is 2.80. The van der Waals surface area contributed by atoms with E-state index in [-0.39, 0.29) is 36.4 Å². The van der Waals surface area contributed by atoms with Gasteiger partial charge in [-0.2, -0.15) is 79.0 Å². The van der Waals surface area contributed by atoms with Crippen LogP contribution in [0.5, 0.6) is 0 Å². The first kappa shape index (κ1) is 34.3. The maximum Gasteiger partial charge on any atom is 0.416 e. The topological polar surface area (TPSA) is 0 Å². The van der Waals surface area contributed by atoms with Crippen LogP contribution in [0.15, 0.2) is 54.6 Å². The molecule has 236 valence electrons. The third-order valence-corrected chi connectivity index (χ3v) is 7.82. The number of benzene rings is 3. The lowest BCUT2D eigenvalue weighted by Gasteiger charge is -2.25. The highest BCUT2D eigenvalue weighted by atomic mass is 31.1. The van der Waals surface area contributed by atoms with Crippen molar-refractivity contribution in [3.63, 3.8) is 0 Å². The van der Waals surface area contributed by atoms with Gasteiger partial charge in [0, 0.05) is 0 Å². The molecular formula is C24H9F18P. The molecule has 0 fully saturated rings. The Morgan fingerprint density at radius 3 is 0.512 bits per heavy atom. The molecule has 19 heteroatoms. The van der Waals surface area contributed by atoms with Gasteiger partial charge in [-0.25, -0.2) is 0 Å². The van der Waals surface area contributed by atoms with Crippen molar-refractivity contribution in [3.8, 4) is 0 Å². The fourth-order valence-corrected chi connectivity index (χ4v) is 6.15. The Hall–Kier alpha value is -3.17. The predicted octanol–water partition coefficient (Wildman–Crippen LogP) is 9.56. The molecular weight excluding hydrogens is 661 g/mol. The summed E-state index contributed by atoms with van der Waals surface area (Å²) in [6.45, 7) is 0. The second kappa shape index (κ2) is 10.8.